The maximum atomic E-state index is 4.31. The van der Waals surface area contributed by atoms with E-state index in [2.05, 4.69) is 25.0 Å². The van der Waals surface area contributed by atoms with Crippen molar-refractivity contribution in [2.75, 3.05) is 18.4 Å². The fraction of sp³-hybridized carbons (Fsp3) is 0.545. The number of fused-ring (bicyclic) bond motifs is 1. The normalized spacial score (nSPS) is 15.4. The van der Waals surface area contributed by atoms with Crippen molar-refractivity contribution < 1.29 is 0 Å². The van der Waals surface area contributed by atoms with E-state index in [1.54, 1.807) is 6.33 Å². The van der Waals surface area contributed by atoms with Crippen LogP contribution in [0, 0.1) is 6.92 Å². The third-order valence-electron chi connectivity index (χ3n) is 2.87. The summed E-state index contributed by atoms with van der Waals surface area (Å²) >= 11 is 1.43. The summed E-state index contributed by atoms with van der Waals surface area (Å²) in [6.07, 6.45) is 4.24. The number of anilines is 1. The molecule has 0 unspecified atom stereocenters. The van der Waals surface area contributed by atoms with Crippen molar-refractivity contribution in [3.8, 4) is 0 Å². The SMILES string of the molecule is Cc1nsc2ncnc(NCCNC3CC3)c12. The van der Waals surface area contributed by atoms with Crippen molar-refractivity contribution in [2.24, 2.45) is 0 Å². The second-order valence-electron chi connectivity index (χ2n) is 4.33. The van der Waals surface area contributed by atoms with Crippen molar-refractivity contribution in [1.82, 2.24) is 19.7 Å². The molecule has 1 aliphatic carbocycles. The molecule has 2 N–H and O–H groups in total. The van der Waals surface area contributed by atoms with Gasteiger partial charge in [0.2, 0.25) is 0 Å². The molecular formula is C11H15N5S. The van der Waals surface area contributed by atoms with Gasteiger partial charge in [0, 0.05) is 19.1 Å². The predicted octanol–water partition coefficient (Wildman–Crippen LogP) is 1.56. The molecule has 6 heteroatoms. The molecule has 1 fully saturated rings. The summed E-state index contributed by atoms with van der Waals surface area (Å²) in [5.41, 5.74) is 1.00. The number of rotatable bonds is 5. The van der Waals surface area contributed by atoms with E-state index < -0.39 is 0 Å². The van der Waals surface area contributed by atoms with Gasteiger partial charge in [-0.15, -0.1) is 0 Å². The van der Waals surface area contributed by atoms with Crippen molar-refractivity contribution in [2.45, 2.75) is 25.8 Å². The number of aryl methyl sites for hydroxylation is 1. The van der Waals surface area contributed by atoms with Gasteiger partial charge in [-0.3, -0.25) is 0 Å². The second-order valence-corrected chi connectivity index (χ2v) is 5.08. The Bertz CT molecular complexity index is 520. The average Bonchev–Trinajstić information content (AvgIpc) is 3.09. The fourth-order valence-electron chi connectivity index (χ4n) is 1.80. The van der Waals surface area contributed by atoms with Crippen LogP contribution in [0.15, 0.2) is 6.33 Å². The highest BCUT2D eigenvalue weighted by atomic mass is 32.1. The van der Waals surface area contributed by atoms with Crippen LogP contribution in [0.2, 0.25) is 0 Å². The molecule has 0 bridgehead atoms. The highest BCUT2D eigenvalue weighted by Crippen LogP contribution is 2.25. The molecule has 2 aromatic rings. The molecule has 1 saturated carbocycles. The summed E-state index contributed by atoms with van der Waals surface area (Å²) in [4.78, 5) is 9.46. The Labute approximate surface area is 104 Å². The maximum Gasteiger partial charge on any atom is 0.149 e. The molecular weight excluding hydrogens is 234 g/mol. The number of aromatic nitrogens is 3. The molecule has 0 radical (unpaired) electrons. The van der Waals surface area contributed by atoms with E-state index in [9.17, 15) is 0 Å². The molecule has 2 aromatic heterocycles. The van der Waals surface area contributed by atoms with Crippen LogP contribution < -0.4 is 10.6 Å². The lowest BCUT2D eigenvalue weighted by Crippen LogP contribution is -2.24. The smallest absolute Gasteiger partial charge is 0.149 e. The lowest BCUT2D eigenvalue weighted by atomic mass is 10.3. The third kappa shape index (κ3) is 2.37. The Balaban J connectivity index is 1.68. The maximum absolute atomic E-state index is 4.31. The zero-order valence-corrected chi connectivity index (χ0v) is 10.5. The van der Waals surface area contributed by atoms with Crippen LogP contribution in [-0.2, 0) is 0 Å². The summed E-state index contributed by atoms with van der Waals surface area (Å²) in [5, 5.41) is 7.87. The van der Waals surface area contributed by atoms with E-state index in [1.807, 2.05) is 6.92 Å². The van der Waals surface area contributed by atoms with Gasteiger partial charge in [0.15, 0.2) is 0 Å². The molecule has 0 atom stereocenters. The lowest BCUT2D eigenvalue weighted by Gasteiger charge is -2.07. The van der Waals surface area contributed by atoms with Gasteiger partial charge in [0.1, 0.15) is 17.0 Å². The topological polar surface area (TPSA) is 62.7 Å². The summed E-state index contributed by atoms with van der Waals surface area (Å²) in [5.74, 6) is 0.902. The average molecular weight is 249 g/mol. The molecule has 2 heterocycles. The van der Waals surface area contributed by atoms with Crippen LogP contribution >= 0.6 is 11.5 Å². The van der Waals surface area contributed by atoms with Gasteiger partial charge in [-0.25, -0.2) is 9.97 Å². The van der Waals surface area contributed by atoms with Crippen molar-refractivity contribution in [3.63, 3.8) is 0 Å². The minimum absolute atomic E-state index is 0.756. The van der Waals surface area contributed by atoms with Crippen LogP contribution in [0.1, 0.15) is 18.5 Å². The molecule has 17 heavy (non-hydrogen) atoms. The van der Waals surface area contributed by atoms with Gasteiger partial charge >= 0.3 is 0 Å². The Morgan fingerprint density at radius 3 is 3.06 bits per heavy atom. The Hall–Kier alpha value is -1.27. The van der Waals surface area contributed by atoms with Gasteiger partial charge in [-0.05, 0) is 31.3 Å². The summed E-state index contributed by atoms with van der Waals surface area (Å²) < 4.78 is 4.31. The summed E-state index contributed by atoms with van der Waals surface area (Å²) in [6, 6.07) is 0.756. The van der Waals surface area contributed by atoms with Crippen LogP contribution in [0.5, 0.6) is 0 Å². The predicted molar refractivity (Wildman–Crippen MR) is 69.5 cm³/mol. The largest absolute Gasteiger partial charge is 0.368 e. The van der Waals surface area contributed by atoms with E-state index in [4.69, 9.17) is 0 Å². The molecule has 3 rings (SSSR count). The first kappa shape index (κ1) is 10.9. The highest BCUT2D eigenvalue weighted by Gasteiger charge is 2.19. The fourth-order valence-corrected chi connectivity index (χ4v) is 2.55. The van der Waals surface area contributed by atoms with Gasteiger partial charge in [0.05, 0.1) is 11.1 Å². The first-order valence-electron chi connectivity index (χ1n) is 5.89. The monoisotopic (exact) mass is 249 g/mol. The molecule has 90 valence electrons. The van der Waals surface area contributed by atoms with Crippen LogP contribution in [0.4, 0.5) is 5.82 Å². The zero-order chi connectivity index (χ0) is 11.7. The van der Waals surface area contributed by atoms with Gasteiger partial charge in [-0.2, -0.15) is 4.37 Å². The number of nitrogens with one attached hydrogen (secondary N) is 2. The van der Waals surface area contributed by atoms with E-state index in [0.29, 0.717) is 0 Å². The first-order chi connectivity index (χ1) is 8.34. The lowest BCUT2D eigenvalue weighted by molar-refractivity contribution is 0.701. The minimum atomic E-state index is 0.756. The zero-order valence-electron chi connectivity index (χ0n) is 9.73. The number of hydrogen-bond donors (Lipinski definition) is 2. The Morgan fingerprint density at radius 2 is 2.24 bits per heavy atom. The quantitative estimate of drug-likeness (QED) is 0.787. The molecule has 1 aliphatic rings. The molecule has 0 amide bonds. The summed E-state index contributed by atoms with van der Waals surface area (Å²) in [7, 11) is 0. The second kappa shape index (κ2) is 4.54. The van der Waals surface area contributed by atoms with Gasteiger partial charge in [-0.1, -0.05) is 0 Å². The van der Waals surface area contributed by atoms with E-state index in [-0.39, 0.29) is 0 Å². The minimum Gasteiger partial charge on any atom is -0.368 e. The van der Waals surface area contributed by atoms with Crippen molar-refractivity contribution in [3.05, 3.63) is 12.0 Å². The van der Waals surface area contributed by atoms with E-state index in [1.165, 1.54) is 24.4 Å². The Kier molecular flexibility index (Phi) is 2.90. The standard InChI is InChI=1S/C11H15N5S/c1-7-9-10(13-5-4-12-8-2-3-8)14-6-15-11(9)17-16-7/h6,8,12H,2-5H2,1H3,(H,13,14,15). The summed E-state index contributed by atoms with van der Waals surface area (Å²) in [6.45, 7) is 3.86. The molecule has 0 aromatic carbocycles. The molecule has 5 nitrogen and oxygen atoms in total. The Morgan fingerprint density at radius 1 is 1.35 bits per heavy atom. The first-order valence-corrected chi connectivity index (χ1v) is 6.66. The molecule has 0 aliphatic heterocycles. The molecule has 0 spiro atoms. The number of nitrogens with zero attached hydrogens (tertiary/aromatic N) is 3. The van der Waals surface area contributed by atoms with Gasteiger partial charge in [0.25, 0.3) is 0 Å². The highest BCUT2D eigenvalue weighted by molar-refractivity contribution is 7.13. The van der Waals surface area contributed by atoms with E-state index in [0.717, 1.165) is 40.9 Å². The number of hydrogen-bond acceptors (Lipinski definition) is 6. The van der Waals surface area contributed by atoms with Gasteiger partial charge < -0.3 is 10.6 Å². The van der Waals surface area contributed by atoms with Crippen molar-refractivity contribution >= 4 is 27.6 Å². The van der Waals surface area contributed by atoms with Crippen LogP contribution in [-0.4, -0.2) is 33.5 Å². The van der Waals surface area contributed by atoms with Crippen LogP contribution in [0.3, 0.4) is 0 Å². The van der Waals surface area contributed by atoms with Crippen LogP contribution in [0.25, 0.3) is 10.2 Å². The van der Waals surface area contributed by atoms with E-state index >= 15 is 0 Å². The van der Waals surface area contributed by atoms with Crippen molar-refractivity contribution in [1.29, 1.82) is 0 Å². The third-order valence-corrected chi connectivity index (χ3v) is 3.72. The molecule has 0 saturated heterocycles.